The number of hydrogen-bond donors (Lipinski definition) is 1. The van der Waals surface area contributed by atoms with Crippen LogP contribution in [0.1, 0.15) is 60.0 Å². The number of thioether (sulfide) groups is 1. The van der Waals surface area contributed by atoms with E-state index in [1.54, 1.807) is 0 Å². The van der Waals surface area contributed by atoms with Gasteiger partial charge in [-0.05, 0) is 56.2 Å². The van der Waals surface area contributed by atoms with Crippen LogP contribution in [0.15, 0.2) is 23.4 Å². The van der Waals surface area contributed by atoms with Crippen molar-refractivity contribution in [1.29, 1.82) is 0 Å². The number of carbonyl (C=O) groups is 1. The number of benzene rings is 1. The zero-order chi connectivity index (χ0) is 22.4. The van der Waals surface area contributed by atoms with Gasteiger partial charge in [0.2, 0.25) is 5.91 Å². The smallest absolute Gasteiger partial charge is 0.234 e. The van der Waals surface area contributed by atoms with Gasteiger partial charge in [0, 0.05) is 16.5 Å². The highest BCUT2D eigenvalue weighted by molar-refractivity contribution is 7.99. The maximum Gasteiger partial charge on any atom is 0.234 e. The molecule has 8 heteroatoms. The predicted molar refractivity (Wildman–Crippen MR) is 132 cm³/mol. The number of hydrogen-bond acceptors (Lipinski definition) is 6. The lowest BCUT2D eigenvalue weighted by Gasteiger charge is -2.13. The van der Waals surface area contributed by atoms with Crippen molar-refractivity contribution in [2.75, 3.05) is 11.1 Å². The molecule has 1 aliphatic rings. The Kier molecular flexibility index (Phi) is 5.67. The van der Waals surface area contributed by atoms with Crippen LogP contribution in [0.3, 0.4) is 0 Å². The van der Waals surface area contributed by atoms with Gasteiger partial charge in [0.1, 0.15) is 10.7 Å². The first-order chi connectivity index (χ1) is 15.4. The molecule has 0 bridgehead atoms. The lowest BCUT2D eigenvalue weighted by atomic mass is 9.97. The van der Waals surface area contributed by atoms with Crippen LogP contribution < -0.4 is 5.32 Å². The second kappa shape index (κ2) is 8.48. The molecule has 1 amide bonds. The topological polar surface area (TPSA) is 72.2 Å². The number of anilines is 1. The Hall–Kier alpha value is -2.45. The minimum Gasteiger partial charge on any atom is -0.325 e. The summed E-state index contributed by atoms with van der Waals surface area (Å²) in [4.78, 5) is 20.3. The molecular weight excluding hydrogens is 438 g/mol. The van der Waals surface area contributed by atoms with Crippen LogP contribution >= 0.6 is 23.1 Å². The third-order valence-corrected chi connectivity index (χ3v) is 8.16. The first kappa shape index (κ1) is 21.4. The van der Waals surface area contributed by atoms with E-state index in [-0.39, 0.29) is 17.6 Å². The summed E-state index contributed by atoms with van der Waals surface area (Å²) in [6.07, 6.45) is 4.68. The summed E-state index contributed by atoms with van der Waals surface area (Å²) in [5.41, 5.74) is 5.30. The normalized spacial score (nSPS) is 13.8. The van der Waals surface area contributed by atoms with E-state index >= 15 is 0 Å². The lowest BCUT2D eigenvalue weighted by Crippen LogP contribution is -2.16. The highest BCUT2D eigenvalue weighted by Crippen LogP contribution is 2.39. The Morgan fingerprint density at radius 3 is 2.69 bits per heavy atom. The molecule has 0 fully saturated rings. The number of aryl methyl sites for hydroxylation is 4. The van der Waals surface area contributed by atoms with Crippen LogP contribution in [-0.2, 0) is 17.6 Å². The molecule has 0 saturated heterocycles. The van der Waals surface area contributed by atoms with Crippen molar-refractivity contribution in [1.82, 2.24) is 19.6 Å². The molecule has 0 unspecified atom stereocenters. The number of carbonyl (C=O) groups excluding carboxylic acids is 1. The molecule has 0 radical (unpaired) electrons. The number of fused-ring (bicyclic) bond motifs is 5. The van der Waals surface area contributed by atoms with E-state index in [1.165, 1.54) is 35.0 Å². The predicted octanol–water partition coefficient (Wildman–Crippen LogP) is 5.69. The monoisotopic (exact) mass is 465 g/mol. The van der Waals surface area contributed by atoms with Crippen molar-refractivity contribution in [2.45, 2.75) is 64.5 Å². The summed E-state index contributed by atoms with van der Waals surface area (Å²) in [5, 5.41) is 14.0. The fourth-order valence-corrected chi connectivity index (χ4v) is 6.45. The second-order valence-electron chi connectivity index (χ2n) is 8.76. The maximum atomic E-state index is 12.7. The van der Waals surface area contributed by atoms with Gasteiger partial charge in [0.05, 0.1) is 11.1 Å². The molecule has 3 heterocycles. The zero-order valence-electron chi connectivity index (χ0n) is 18.9. The fraction of sp³-hybridized carbons (Fsp3) is 0.417. The largest absolute Gasteiger partial charge is 0.325 e. The molecule has 1 aliphatic carbocycles. The summed E-state index contributed by atoms with van der Waals surface area (Å²) < 4.78 is 2.07. The maximum absolute atomic E-state index is 12.7. The van der Waals surface area contributed by atoms with Crippen LogP contribution in [0.5, 0.6) is 0 Å². The molecule has 1 aromatic carbocycles. The summed E-state index contributed by atoms with van der Waals surface area (Å²) >= 11 is 3.23. The fourth-order valence-electron chi connectivity index (χ4n) is 4.45. The molecular formula is C24H27N5OS2. The molecule has 0 aliphatic heterocycles. The highest BCUT2D eigenvalue weighted by Gasteiger charge is 2.24. The Balaban J connectivity index is 1.49. The summed E-state index contributed by atoms with van der Waals surface area (Å²) in [7, 11) is 0. The molecule has 5 rings (SSSR count). The van der Waals surface area contributed by atoms with Gasteiger partial charge in [-0.15, -0.1) is 21.5 Å². The third-order valence-electron chi connectivity index (χ3n) is 6.05. The van der Waals surface area contributed by atoms with Crippen molar-refractivity contribution >= 4 is 50.6 Å². The van der Waals surface area contributed by atoms with Crippen molar-refractivity contribution in [3.8, 4) is 0 Å². The van der Waals surface area contributed by atoms with Gasteiger partial charge < -0.3 is 5.32 Å². The summed E-state index contributed by atoms with van der Waals surface area (Å²) in [6.45, 7) is 8.30. The van der Waals surface area contributed by atoms with Crippen LogP contribution in [-0.4, -0.2) is 31.2 Å². The van der Waals surface area contributed by atoms with Gasteiger partial charge in [-0.25, -0.2) is 4.98 Å². The first-order valence-electron chi connectivity index (χ1n) is 11.1. The van der Waals surface area contributed by atoms with Crippen LogP contribution in [0.2, 0.25) is 0 Å². The van der Waals surface area contributed by atoms with Crippen molar-refractivity contribution in [3.05, 3.63) is 45.6 Å². The average Bonchev–Trinajstić information content (AvgIpc) is 3.35. The molecule has 0 atom stereocenters. The number of rotatable bonds is 5. The molecule has 3 aromatic heterocycles. The average molecular weight is 466 g/mol. The van der Waals surface area contributed by atoms with E-state index in [1.807, 2.05) is 43.4 Å². The van der Waals surface area contributed by atoms with E-state index < -0.39 is 0 Å². The van der Waals surface area contributed by atoms with Gasteiger partial charge in [0.25, 0.3) is 0 Å². The number of para-hydroxylation sites is 1. The minimum atomic E-state index is -0.0443. The van der Waals surface area contributed by atoms with Gasteiger partial charge in [0.15, 0.2) is 10.8 Å². The quantitative estimate of drug-likeness (QED) is 0.383. The number of nitrogens with zero attached hydrogens (tertiary/aromatic N) is 4. The zero-order valence-corrected chi connectivity index (χ0v) is 20.5. The third kappa shape index (κ3) is 3.69. The number of nitrogens with one attached hydrogen (secondary N) is 1. The Labute approximate surface area is 195 Å². The van der Waals surface area contributed by atoms with E-state index in [2.05, 4.69) is 33.8 Å². The SMILES string of the molecule is Cc1cccc(C)c1NC(=O)CSc1nnc2c3c4c(sc3nc(C(C)C)n12)CCCC4. The molecule has 0 spiro atoms. The van der Waals surface area contributed by atoms with Crippen LogP contribution in [0.25, 0.3) is 15.9 Å². The summed E-state index contributed by atoms with van der Waals surface area (Å²) in [6, 6.07) is 6.02. The van der Waals surface area contributed by atoms with Crippen molar-refractivity contribution in [2.24, 2.45) is 0 Å². The van der Waals surface area contributed by atoms with Gasteiger partial charge in [-0.3, -0.25) is 9.20 Å². The van der Waals surface area contributed by atoms with E-state index in [0.29, 0.717) is 0 Å². The van der Waals surface area contributed by atoms with Crippen LogP contribution in [0.4, 0.5) is 5.69 Å². The van der Waals surface area contributed by atoms with Gasteiger partial charge in [-0.2, -0.15) is 0 Å². The van der Waals surface area contributed by atoms with Gasteiger partial charge >= 0.3 is 0 Å². The van der Waals surface area contributed by atoms with E-state index in [4.69, 9.17) is 4.98 Å². The van der Waals surface area contributed by atoms with Crippen molar-refractivity contribution in [3.63, 3.8) is 0 Å². The number of thiophene rings is 1. The molecule has 6 nitrogen and oxygen atoms in total. The van der Waals surface area contributed by atoms with Crippen molar-refractivity contribution < 1.29 is 4.79 Å². The lowest BCUT2D eigenvalue weighted by molar-refractivity contribution is -0.113. The Morgan fingerprint density at radius 2 is 1.94 bits per heavy atom. The Morgan fingerprint density at radius 1 is 1.19 bits per heavy atom. The minimum absolute atomic E-state index is 0.0443. The molecule has 32 heavy (non-hydrogen) atoms. The molecule has 0 saturated carbocycles. The second-order valence-corrected chi connectivity index (χ2v) is 10.8. The van der Waals surface area contributed by atoms with E-state index in [0.717, 1.165) is 56.5 Å². The molecule has 166 valence electrons. The standard InChI is InChI=1S/C24H27N5OS2/c1-13(2)21-26-23-19(16-10-5-6-11-17(16)32-23)22-27-28-24(29(21)22)31-12-18(30)25-20-14(3)8-7-9-15(20)4/h7-9,13H,5-6,10-12H2,1-4H3,(H,25,30). The Bertz CT molecular complexity index is 1320. The van der Waals surface area contributed by atoms with Crippen LogP contribution in [0, 0.1) is 13.8 Å². The molecule has 1 N–H and O–H groups in total. The highest BCUT2D eigenvalue weighted by atomic mass is 32.2. The molecule has 4 aromatic rings. The van der Waals surface area contributed by atoms with E-state index in [9.17, 15) is 4.79 Å². The number of aromatic nitrogens is 4. The summed E-state index contributed by atoms with van der Waals surface area (Å²) in [5.74, 6) is 1.40. The first-order valence-corrected chi connectivity index (χ1v) is 12.9. The van der Waals surface area contributed by atoms with Gasteiger partial charge in [-0.1, -0.05) is 43.8 Å². The number of amides is 1.